The molecule has 0 aliphatic carbocycles. The Kier molecular flexibility index (Phi) is 5.24. The number of rotatable bonds is 5. The Balaban J connectivity index is 1.66. The van der Waals surface area contributed by atoms with E-state index in [4.69, 9.17) is 16.6 Å². The summed E-state index contributed by atoms with van der Waals surface area (Å²) in [7, 11) is 2.03. The van der Waals surface area contributed by atoms with Crippen molar-refractivity contribution in [2.24, 2.45) is 5.73 Å². The van der Waals surface area contributed by atoms with E-state index in [0.717, 1.165) is 25.8 Å². The van der Waals surface area contributed by atoms with Crippen LogP contribution in [0.2, 0.25) is 0 Å². The predicted molar refractivity (Wildman–Crippen MR) is 116 cm³/mol. The number of carbonyl (C=O) groups excluding carboxylic acids is 2. The maximum atomic E-state index is 12.3. The van der Waals surface area contributed by atoms with Crippen molar-refractivity contribution >= 4 is 23.3 Å². The molecule has 1 unspecified atom stereocenters. The lowest BCUT2D eigenvalue weighted by molar-refractivity contribution is -0.127. The van der Waals surface area contributed by atoms with E-state index in [2.05, 4.69) is 23.6 Å². The van der Waals surface area contributed by atoms with Gasteiger partial charge in [-0.3, -0.25) is 9.59 Å². The number of hydrogen-bond donors (Lipinski definition) is 2. The monoisotopic (exact) mass is 408 g/mol. The van der Waals surface area contributed by atoms with Crippen molar-refractivity contribution < 1.29 is 9.59 Å². The summed E-state index contributed by atoms with van der Waals surface area (Å²) in [6.45, 7) is 5.43. The molecule has 8 nitrogen and oxygen atoms in total. The number of likely N-dealkylation sites (tertiary alicyclic amines) is 1. The summed E-state index contributed by atoms with van der Waals surface area (Å²) < 4.78 is 1.65. The Morgan fingerprint density at radius 2 is 2.10 bits per heavy atom. The van der Waals surface area contributed by atoms with Gasteiger partial charge in [-0.1, -0.05) is 24.8 Å². The van der Waals surface area contributed by atoms with Crippen LogP contribution in [-0.4, -0.2) is 52.7 Å². The Bertz CT molecular complexity index is 998. The molecule has 0 saturated carbocycles. The Labute approximate surface area is 176 Å². The first kappa shape index (κ1) is 20.0. The number of hydrogen-bond acceptors (Lipinski definition) is 5. The molecule has 0 spiro atoms. The molecule has 8 heteroatoms. The minimum absolute atomic E-state index is 0.00504. The van der Waals surface area contributed by atoms with Gasteiger partial charge in [0.25, 0.3) is 5.91 Å². The molecule has 3 heterocycles. The molecule has 30 heavy (non-hydrogen) atoms. The van der Waals surface area contributed by atoms with Crippen LogP contribution in [0.1, 0.15) is 40.4 Å². The van der Waals surface area contributed by atoms with Crippen LogP contribution in [0.3, 0.4) is 0 Å². The van der Waals surface area contributed by atoms with Crippen molar-refractivity contribution in [2.45, 2.75) is 37.8 Å². The van der Waals surface area contributed by atoms with Crippen LogP contribution >= 0.6 is 0 Å². The topological polar surface area (TPSA) is 110 Å². The fraction of sp³-hybridized carbons (Fsp3) is 0.409. The van der Waals surface area contributed by atoms with E-state index < -0.39 is 5.91 Å². The van der Waals surface area contributed by atoms with Crippen LogP contribution < -0.4 is 16.4 Å². The van der Waals surface area contributed by atoms with Crippen molar-refractivity contribution in [3.05, 3.63) is 53.7 Å². The number of nitrogens with two attached hydrogens (primary N) is 2. The minimum Gasteiger partial charge on any atom is -0.383 e. The average Bonchev–Trinajstić information content (AvgIpc) is 3.32. The van der Waals surface area contributed by atoms with Crippen LogP contribution in [0.15, 0.2) is 36.9 Å². The first-order valence-electron chi connectivity index (χ1n) is 10.3. The van der Waals surface area contributed by atoms with Gasteiger partial charge >= 0.3 is 0 Å². The van der Waals surface area contributed by atoms with E-state index in [9.17, 15) is 9.59 Å². The van der Waals surface area contributed by atoms with Crippen LogP contribution in [0.4, 0.5) is 11.5 Å². The van der Waals surface area contributed by atoms with Crippen LogP contribution in [0, 0.1) is 0 Å². The highest BCUT2D eigenvalue weighted by Gasteiger charge is 2.33. The van der Waals surface area contributed by atoms with E-state index >= 15 is 0 Å². The number of carbonyl (C=O) groups is 2. The van der Waals surface area contributed by atoms with Crippen molar-refractivity contribution in [3.8, 4) is 0 Å². The van der Waals surface area contributed by atoms with E-state index in [-0.39, 0.29) is 23.7 Å². The molecule has 1 fully saturated rings. The highest BCUT2D eigenvalue weighted by atomic mass is 16.2. The van der Waals surface area contributed by atoms with Gasteiger partial charge in [-0.2, -0.15) is 5.10 Å². The molecule has 4 rings (SSSR count). The molecule has 158 valence electrons. The maximum Gasteiger partial charge on any atom is 0.254 e. The fourth-order valence-corrected chi connectivity index (χ4v) is 4.80. The number of nitrogen functional groups attached to an aromatic ring is 1. The normalized spacial score (nSPS) is 20.8. The average molecular weight is 409 g/mol. The molecule has 1 saturated heterocycles. The van der Waals surface area contributed by atoms with E-state index in [1.165, 1.54) is 17.3 Å². The van der Waals surface area contributed by atoms with Gasteiger partial charge in [0.15, 0.2) is 0 Å². The quantitative estimate of drug-likeness (QED) is 0.729. The second-order valence-corrected chi connectivity index (χ2v) is 8.13. The zero-order valence-corrected chi connectivity index (χ0v) is 17.3. The second-order valence-electron chi connectivity index (χ2n) is 8.13. The molecule has 2 aromatic rings. The third-order valence-electron chi connectivity index (χ3n) is 6.23. The third-order valence-corrected chi connectivity index (χ3v) is 6.23. The van der Waals surface area contributed by atoms with Gasteiger partial charge in [-0.15, -0.1) is 0 Å². The van der Waals surface area contributed by atoms with Gasteiger partial charge in [0.05, 0.1) is 18.3 Å². The second kappa shape index (κ2) is 7.85. The number of para-hydroxylation sites is 1. The molecular formula is C22H28N6O2. The lowest BCUT2D eigenvalue weighted by atomic mass is 9.88. The van der Waals surface area contributed by atoms with E-state index in [1.54, 1.807) is 9.58 Å². The summed E-state index contributed by atoms with van der Waals surface area (Å²) in [5, 5.41) is 4.75. The zero-order chi connectivity index (χ0) is 21.4. The SMILES string of the molecule is C=CC(=O)N1CCC[C@H]1Cn1nc(C2Cc3ccccc3N(C)C2)c(C(N)=O)c1N. The Hall–Kier alpha value is -3.29. The molecule has 2 aliphatic heterocycles. The number of benzene rings is 1. The van der Waals surface area contributed by atoms with E-state index in [1.807, 2.05) is 19.2 Å². The van der Waals surface area contributed by atoms with Crippen molar-refractivity contribution in [1.29, 1.82) is 0 Å². The lowest BCUT2D eigenvalue weighted by Gasteiger charge is -2.33. The molecule has 0 bridgehead atoms. The standard InChI is InChI=1S/C22H28N6O2/c1-3-18(29)27-10-6-8-16(27)13-28-21(23)19(22(24)30)20(25-28)15-11-14-7-4-5-9-17(14)26(2)12-15/h3-5,7,9,15-16H,1,6,8,10-13,23H2,2H3,(H2,24,30)/t15?,16-/m0/s1. The van der Waals surface area contributed by atoms with Crippen molar-refractivity contribution in [3.63, 3.8) is 0 Å². The largest absolute Gasteiger partial charge is 0.383 e. The Morgan fingerprint density at radius 1 is 1.33 bits per heavy atom. The van der Waals surface area contributed by atoms with Gasteiger partial charge in [0.2, 0.25) is 5.91 Å². The zero-order valence-electron chi connectivity index (χ0n) is 17.3. The molecule has 0 radical (unpaired) electrons. The number of anilines is 2. The number of likely N-dealkylation sites (N-methyl/N-ethyl adjacent to an activating group) is 1. The highest BCUT2D eigenvalue weighted by Crippen LogP contribution is 2.36. The summed E-state index contributed by atoms with van der Waals surface area (Å²) in [5.41, 5.74) is 15.4. The molecule has 2 atom stereocenters. The van der Waals surface area contributed by atoms with Gasteiger partial charge in [-0.05, 0) is 37.0 Å². The molecule has 4 N–H and O–H groups in total. The van der Waals surface area contributed by atoms with Gasteiger partial charge < -0.3 is 21.3 Å². The molecule has 2 amide bonds. The van der Waals surface area contributed by atoms with E-state index in [0.29, 0.717) is 24.3 Å². The first-order chi connectivity index (χ1) is 14.4. The fourth-order valence-electron chi connectivity index (χ4n) is 4.80. The maximum absolute atomic E-state index is 12.3. The number of fused-ring (bicyclic) bond motifs is 1. The summed E-state index contributed by atoms with van der Waals surface area (Å²) in [5.74, 6) is -0.382. The van der Waals surface area contributed by atoms with Gasteiger partial charge in [-0.25, -0.2) is 4.68 Å². The van der Waals surface area contributed by atoms with Crippen LogP contribution in [0.5, 0.6) is 0 Å². The van der Waals surface area contributed by atoms with Crippen LogP contribution in [-0.2, 0) is 17.8 Å². The number of aromatic nitrogens is 2. The summed E-state index contributed by atoms with van der Waals surface area (Å²) in [4.78, 5) is 28.4. The summed E-state index contributed by atoms with van der Waals surface area (Å²) in [6.07, 6.45) is 3.88. The summed E-state index contributed by atoms with van der Waals surface area (Å²) in [6, 6.07) is 8.21. The third kappa shape index (κ3) is 3.42. The van der Waals surface area contributed by atoms with Crippen LogP contribution in [0.25, 0.3) is 0 Å². The molecule has 2 aliphatic rings. The van der Waals surface area contributed by atoms with Gasteiger partial charge in [0, 0.05) is 31.7 Å². The molecule has 1 aromatic heterocycles. The van der Waals surface area contributed by atoms with Crippen molar-refractivity contribution in [1.82, 2.24) is 14.7 Å². The molecular weight excluding hydrogens is 380 g/mol. The lowest BCUT2D eigenvalue weighted by Crippen LogP contribution is -2.37. The smallest absolute Gasteiger partial charge is 0.254 e. The number of nitrogens with zero attached hydrogens (tertiary/aromatic N) is 4. The highest BCUT2D eigenvalue weighted by molar-refractivity contribution is 5.98. The Morgan fingerprint density at radius 3 is 2.83 bits per heavy atom. The van der Waals surface area contributed by atoms with Gasteiger partial charge in [0.1, 0.15) is 11.4 Å². The number of amides is 2. The summed E-state index contributed by atoms with van der Waals surface area (Å²) >= 11 is 0. The van der Waals surface area contributed by atoms with Crippen molar-refractivity contribution in [2.75, 3.05) is 30.8 Å². The minimum atomic E-state index is -0.569. The molecule has 1 aromatic carbocycles. The number of primary amides is 1. The first-order valence-corrected chi connectivity index (χ1v) is 10.3. The predicted octanol–water partition coefficient (Wildman–Crippen LogP) is 1.52.